The van der Waals surface area contributed by atoms with Crippen molar-refractivity contribution in [3.05, 3.63) is 90.0 Å². The van der Waals surface area contributed by atoms with Crippen LogP contribution in [0.15, 0.2) is 78.9 Å². The van der Waals surface area contributed by atoms with E-state index in [2.05, 4.69) is 45.1 Å². The Morgan fingerprint density at radius 2 is 1.42 bits per heavy atom. The lowest BCUT2D eigenvalue weighted by Crippen LogP contribution is -2.15. The number of halogens is 1. The van der Waals surface area contributed by atoms with E-state index in [1.165, 1.54) is 0 Å². The highest BCUT2D eigenvalue weighted by Gasteiger charge is 2.42. The molecule has 0 amide bonds. The van der Waals surface area contributed by atoms with Gasteiger partial charge in [0.05, 0.1) is 0 Å². The van der Waals surface area contributed by atoms with Gasteiger partial charge in [-0.3, -0.25) is 0 Å². The molecule has 0 spiro atoms. The molecule has 26 heavy (non-hydrogen) atoms. The second-order valence-electron chi connectivity index (χ2n) is 6.57. The minimum Gasteiger partial charge on any atom is -0.378 e. The van der Waals surface area contributed by atoms with Crippen LogP contribution in [0.2, 0.25) is 0 Å². The second-order valence-corrected chi connectivity index (χ2v) is 10.0. The number of hydrogen-bond acceptors (Lipinski definition) is 2. The van der Waals surface area contributed by atoms with E-state index in [0.29, 0.717) is 0 Å². The molecular formula is C22H19BrNOP. The van der Waals surface area contributed by atoms with Crippen molar-refractivity contribution in [3.63, 3.8) is 0 Å². The molecule has 3 aromatic rings. The van der Waals surface area contributed by atoms with Gasteiger partial charge in [-0.1, -0.05) is 66.7 Å². The molecule has 1 aliphatic rings. The van der Waals surface area contributed by atoms with E-state index in [-0.39, 0.29) is 0 Å². The lowest BCUT2D eigenvalue weighted by molar-refractivity contribution is 0.593. The molecule has 0 bridgehead atoms. The van der Waals surface area contributed by atoms with Crippen LogP contribution in [-0.4, -0.2) is 14.1 Å². The van der Waals surface area contributed by atoms with E-state index < -0.39 is 7.14 Å². The van der Waals surface area contributed by atoms with Gasteiger partial charge < -0.3 is 9.46 Å². The zero-order chi connectivity index (χ0) is 18.3. The Morgan fingerprint density at radius 1 is 0.808 bits per heavy atom. The van der Waals surface area contributed by atoms with E-state index in [9.17, 15) is 4.57 Å². The third-order valence-electron chi connectivity index (χ3n) is 4.78. The Kier molecular flexibility index (Phi) is 4.38. The van der Waals surface area contributed by atoms with Crippen LogP contribution in [-0.2, 0) is 4.57 Å². The predicted octanol–water partition coefficient (Wildman–Crippen LogP) is 5.30. The summed E-state index contributed by atoms with van der Waals surface area (Å²) in [6.45, 7) is 0. The van der Waals surface area contributed by atoms with Gasteiger partial charge in [0.15, 0.2) is 7.14 Å². The van der Waals surface area contributed by atoms with Gasteiger partial charge in [-0.15, -0.1) is 0 Å². The third kappa shape index (κ3) is 2.58. The molecule has 1 unspecified atom stereocenters. The maximum Gasteiger partial charge on any atom is 0.173 e. The quantitative estimate of drug-likeness (QED) is 0.532. The Labute approximate surface area is 162 Å². The second kappa shape index (κ2) is 6.57. The minimum atomic E-state index is -2.92. The monoisotopic (exact) mass is 423 g/mol. The summed E-state index contributed by atoms with van der Waals surface area (Å²) in [5.74, 6) is 0. The van der Waals surface area contributed by atoms with Crippen LogP contribution in [0.1, 0.15) is 11.1 Å². The smallest absolute Gasteiger partial charge is 0.173 e. The Balaban J connectivity index is 1.97. The minimum absolute atomic E-state index is 0.869. The molecule has 0 saturated heterocycles. The zero-order valence-corrected chi connectivity index (χ0v) is 17.2. The lowest BCUT2D eigenvalue weighted by atomic mass is 10.1. The molecule has 0 saturated carbocycles. The van der Waals surface area contributed by atoms with E-state index in [1.54, 1.807) is 0 Å². The number of anilines is 1. The number of fused-ring (bicyclic) bond motifs is 1. The third-order valence-corrected chi connectivity index (χ3v) is 9.12. The van der Waals surface area contributed by atoms with Gasteiger partial charge in [0.2, 0.25) is 0 Å². The van der Waals surface area contributed by atoms with Crippen LogP contribution in [0, 0.1) is 0 Å². The van der Waals surface area contributed by atoms with Gasteiger partial charge in [0.25, 0.3) is 0 Å². The molecule has 130 valence electrons. The van der Waals surface area contributed by atoms with Gasteiger partial charge in [-0.25, -0.2) is 0 Å². The van der Waals surface area contributed by atoms with Crippen molar-refractivity contribution in [2.24, 2.45) is 0 Å². The van der Waals surface area contributed by atoms with Crippen molar-refractivity contribution < 1.29 is 4.57 Å². The summed E-state index contributed by atoms with van der Waals surface area (Å²) < 4.78 is 15.4. The molecule has 4 rings (SSSR count). The van der Waals surface area contributed by atoms with Gasteiger partial charge in [-0.05, 0) is 33.6 Å². The SMILES string of the molecule is CN(C)c1ccc(C2=C(Br)c3ccccc3P2(=O)c2ccccc2)cc1. The van der Waals surface area contributed by atoms with E-state index >= 15 is 0 Å². The highest BCUT2D eigenvalue weighted by atomic mass is 79.9. The van der Waals surface area contributed by atoms with E-state index in [0.717, 1.165) is 37.2 Å². The Bertz CT molecular complexity index is 1040. The van der Waals surface area contributed by atoms with Gasteiger partial charge in [-0.2, -0.15) is 0 Å². The first-order valence-corrected chi connectivity index (χ1v) is 11.0. The first-order chi connectivity index (χ1) is 12.5. The van der Waals surface area contributed by atoms with Crippen LogP contribution in [0.25, 0.3) is 9.80 Å². The first-order valence-electron chi connectivity index (χ1n) is 8.47. The predicted molar refractivity (Wildman–Crippen MR) is 116 cm³/mol. The average Bonchev–Trinajstić information content (AvgIpc) is 2.91. The molecule has 3 aromatic carbocycles. The van der Waals surface area contributed by atoms with Crippen molar-refractivity contribution >= 4 is 49.2 Å². The molecule has 0 radical (unpaired) electrons. The van der Waals surface area contributed by atoms with E-state index in [4.69, 9.17) is 0 Å². The lowest BCUT2D eigenvalue weighted by Gasteiger charge is -2.20. The van der Waals surface area contributed by atoms with Crippen molar-refractivity contribution in [3.8, 4) is 0 Å². The Hall–Kier alpha value is -2.09. The topological polar surface area (TPSA) is 20.3 Å². The number of hydrogen-bond donors (Lipinski definition) is 0. The Morgan fingerprint density at radius 3 is 2.08 bits per heavy atom. The van der Waals surface area contributed by atoms with Crippen LogP contribution in [0.3, 0.4) is 0 Å². The van der Waals surface area contributed by atoms with Crippen LogP contribution in [0.4, 0.5) is 5.69 Å². The summed E-state index contributed by atoms with van der Waals surface area (Å²) in [4.78, 5) is 2.06. The fraction of sp³-hybridized carbons (Fsp3) is 0.0909. The molecule has 2 nitrogen and oxygen atoms in total. The highest BCUT2D eigenvalue weighted by Crippen LogP contribution is 2.65. The summed E-state index contributed by atoms with van der Waals surface area (Å²) in [5, 5.41) is 2.66. The van der Waals surface area contributed by atoms with Crippen LogP contribution < -0.4 is 15.5 Å². The van der Waals surface area contributed by atoms with Gasteiger partial charge >= 0.3 is 0 Å². The number of rotatable bonds is 3. The molecule has 0 aromatic heterocycles. The first kappa shape index (κ1) is 17.3. The van der Waals surface area contributed by atoms with Crippen molar-refractivity contribution in [1.29, 1.82) is 0 Å². The van der Waals surface area contributed by atoms with Crippen LogP contribution in [0.5, 0.6) is 0 Å². The molecule has 0 aliphatic carbocycles. The molecule has 1 heterocycles. The van der Waals surface area contributed by atoms with Crippen LogP contribution >= 0.6 is 23.1 Å². The fourth-order valence-corrected chi connectivity index (χ4v) is 8.03. The largest absolute Gasteiger partial charge is 0.378 e. The highest BCUT2D eigenvalue weighted by molar-refractivity contribution is 9.15. The maximum atomic E-state index is 14.5. The molecule has 1 atom stereocenters. The fourth-order valence-electron chi connectivity index (χ4n) is 3.45. The molecule has 0 N–H and O–H groups in total. The summed E-state index contributed by atoms with van der Waals surface area (Å²) >= 11 is 3.76. The summed E-state index contributed by atoms with van der Waals surface area (Å²) in [6, 6.07) is 26.1. The number of benzene rings is 3. The summed E-state index contributed by atoms with van der Waals surface area (Å²) in [5.41, 5.74) is 3.13. The molecule has 0 fully saturated rings. The van der Waals surface area contributed by atoms with Crippen molar-refractivity contribution in [2.75, 3.05) is 19.0 Å². The normalized spacial score (nSPS) is 18.7. The summed E-state index contributed by atoms with van der Waals surface area (Å²) in [7, 11) is 1.12. The van der Waals surface area contributed by atoms with Gasteiger partial charge in [0, 0.05) is 45.8 Å². The van der Waals surface area contributed by atoms with Gasteiger partial charge in [0.1, 0.15) is 0 Å². The van der Waals surface area contributed by atoms with Crippen molar-refractivity contribution in [2.45, 2.75) is 0 Å². The maximum absolute atomic E-state index is 14.5. The molecule has 1 aliphatic heterocycles. The molecular weight excluding hydrogens is 405 g/mol. The zero-order valence-electron chi connectivity index (χ0n) is 14.7. The van der Waals surface area contributed by atoms with Crippen molar-refractivity contribution in [1.82, 2.24) is 0 Å². The standard InChI is InChI=1S/C22H19BrNOP/c1-24(2)17-14-12-16(13-15-17)22-21(23)19-10-6-7-11-20(19)26(22,25)18-8-4-3-5-9-18/h3-15H,1-2H3. The number of nitrogens with zero attached hydrogens (tertiary/aromatic N) is 1. The van der Waals surface area contributed by atoms with E-state index in [1.807, 2.05) is 68.7 Å². The molecule has 4 heteroatoms. The average molecular weight is 424 g/mol. The summed E-state index contributed by atoms with van der Waals surface area (Å²) in [6.07, 6.45) is 0.